The van der Waals surface area contributed by atoms with Gasteiger partial charge in [-0.05, 0) is 42.3 Å². The highest BCUT2D eigenvalue weighted by atomic mass is 16.5. The maximum absolute atomic E-state index is 12.8. The lowest BCUT2D eigenvalue weighted by Crippen LogP contribution is -2.37. The first-order chi connectivity index (χ1) is 13.7. The number of ether oxygens (including phenoxy) is 2. The van der Waals surface area contributed by atoms with Crippen molar-refractivity contribution in [1.29, 1.82) is 0 Å². The molecule has 0 bridgehead atoms. The topological polar surface area (TPSA) is 60.2 Å². The van der Waals surface area contributed by atoms with Crippen LogP contribution in [-0.2, 0) is 11.2 Å². The van der Waals surface area contributed by atoms with E-state index in [0.29, 0.717) is 24.8 Å². The predicted octanol–water partition coefficient (Wildman–Crippen LogP) is 4.18. The summed E-state index contributed by atoms with van der Waals surface area (Å²) in [5, 5.41) is 2.23. The fourth-order valence-corrected chi connectivity index (χ4v) is 3.72. The first-order valence-corrected chi connectivity index (χ1v) is 9.36. The van der Waals surface area contributed by atoms with Crippen molar-refractivity contribution >= 4 is 28.4 Å². The van der Waals surface area contributed by atoms with Gasteiger partial charge in [0.15, 0.2) is 5.84 Å². The van der Waals surface area contributed by atoms with Crippen LogP contribution in [0, 0.1) is 5.92 Å². The number of nitrogens with zero attached hydrogens (tertiary/aromatic N) is 2. The molecule has 1 atom stereocenters. The molecule has 28 heavy (non-hydrogen) atoms. The molecule has 3 aromatic carbocycles. The van der Waals surface area contributed by atoms with Crippen LogP contribution in [0.4, 0.5) is 0 Å². The second kappa shape index (κ2) is 6.60. The summed E-state index contributed by atoms with van der Waals surface area (Å²) in [5.74, 6) is 1.56. The third-order valence-corrected chi connectivity index (χ3v) is 5.05. The molecule has 2 aliphatic rings. The quantitative estimate of drug-likeness (QED) is 0.695. The monoisotopic (exact) mass is 370 g/mol. The van der Waals surface area contributed by atoms with E-state index in [1.54, 1.807) is 0 Å². The molecule has 138 valence electrons. The van der Waals surface area contributed by atoms with Gasteiger partial charge >= 0.3 is 0 Å². The molecule has 5 nitrogen and oxygen atoms in total. The van der Waals surface area contributed by atoms with Gasteiger partial charge in [0.05, 0.1) is 6.61 Å². The summed E-state index contributed by atoms with van der Waals surface area (Å²) in [6.07, 6.45) is 0.546. The SMILES string of the molecule is CCOc1cccc(C2=NC(=O)C3Cc4c(ccc5ccccc45)OC3=N2)c1. The van der Waals surface area contributed by atoms with E-state index in [2.05, 4.69) is 22.1 Å². The third-order valence-electron chi connectivity index (χ3n) is 5.05. The first kappa shape index (κ1) is 16.7. The van der Waals surface area contributed by atoms with E-state index in [1.165, 1.54) is 0 Å². The van der Waals surface area contributed by atoms with Crippen LogP contribution < -0.4 is 9.47 Å². The highest BCUT2D eigenvalue weighted by Gasteiger charge is 2.36. The van der Waals surface area contributed by atoms with Gasteiger partial charge in [0.2, 0.25) is 5.90 Å². The number of aliphatic imine (C=N–C) groups is 2. The summed E-state index contributed by atoms with van der Waals surface area (Å²) >= 11 is 0. The summed E-state index contributed by atoms with van der Waals surface area (Å²) < 4.78 is 11.6. The minimum atomic E-state index is -0.475. The number of fused-ring (bicyclic) bond motifs is 4. The van der Waals surface area contributed by atoms with E-state index >= 15 is 0 Å². The molecule has 5 heteroatoms. The highest BCUT2D eigenvalue weighted by molar-refractivity contribution is 6.19. The lowest BCUT2D eigenvalue weighted by Gasteiger charge is -2.27. The van der Waals surface area contributed by atoms with Crippen LogP contribution in [0.1, 0.15) is 18.1 Å². The van der Waals surface area contributed by atoms with E-state index in [-0.39, 0.29) is 5.91 Å². The lowest BCUT2D eigenvalue weighted by atomic mass is 9.90. The van der Waals surface area contributed by atoms with Crippen LogP contribution >= 0.6 is 0 Å². The predicted molar refractivity (Wildman–Crippen MR) is 108 cm³/mol. The Kier molecular flexibility index (Phi) is 3.93. The molecule has 1 amide bonds. The number of hydrogen-bond acceptors (Lipinski definition) is 4. The first-order valence-electron chi connectivity index (χ1n) is 9.36. The van der Waals surface area contributed by atoms with Crippen LogP contribution in [0.2, 0.25) is 0 Å². The van der Waals surface area contributed by atoms with E-state index in [1.807, 2.05) is 55.5 Å². The van der Waals surface area contributed by atoms with Crippen LogP contribution in [0.15, 0.2) is 70.6 Å². The molecule has 3 aromatic rings. The number of carbonyl (C=O) groups excluding carboxylic acids is 1. The van der Waals surface area contributed by atoms with E-state index in [0.717, 1.165) is 33.4 Å². The minimum absolute atomic E-state index is 0.222. The Morgan fingerprint density at radius 2 is 1.96 bits per heavy atom. The zero-order valence-electron chi connectivity index (χ0n) is 15.4. The fourth-order valence-electron chi connectivity index (χ4n) is 3.72. The maximum Gasteiger partial charge on any atom is 0.260 e. The number of rotatable bonds is 3. The lowest BCUT2D eigenvalue weighted by molar-refractivity contribution is -0.120. The Morgan fingerprint density at radius 1 is 1.07 bits per heavy atom. The maximum atomic E-state index is 12.8. The summed E-state index contributed by atoms with van der Waals surface area (Å²) in [4.78, 5) is 21.6. The summed E-state index contributed by atoms with van der Waals surface area (Å²) in [7, 11) is 0. The zero-order chi connectivity index (χ0) is 19.1. The van der Waals surface area contributed by atoms with Crippen molar-refractivity contribution in [2.45, 2.75) is 13.3 Å². The van der Waals surface area contributed by atoms with E-state index < -0.39 is 5.92 Å². The molecule has 2 heterocycles. The van der Waals surface area contributed by atoms with Gasteiger partial charge in [0.1, 0.15) is 17.4 Å². The van der Waals surface area contributed by atoms with Crippen molar-refractivity contribution in [3.63, 3.8) is 0 Å². The van der Waals surface area contributed by atoms with Crippen LogP contribution in [0.25, 0.3) is 10.8 Å². The molecule has 1 unspecified atom stereocenters. The molecule has 0 radical (unpaired) electrons. The molecule has 0 saturated carbocycles. The molecule has 0 saturated heterocycles. The normalized spacial score (nSPS) is 17.9. The second-order valence-electron chi connectivity index (χ2n) is 6.81. The average Bonchev–Trinajstić information content (AvgIpc) is 2.73. The molecule has 0 aromatic heterocycles. The van der Waals surface area contributed by atoms with Gasteiger partial charge in [-0.2, -0.15) is 9.98 Å². The largest absolute Gasteiger partial charge is 0.494 e. The van der Waals surface area contributed by atoms with Gasteiger partial charge in [-0.1, -0.05) is 42.5 Å². The minimum Gasteiger partial charge on any atom is -0.494 e. The molecular weight excluding hydrogens is 352 g/mol. The molecule has 0 aliphatic carbocycles. The van der Waals surface area contributed by atoms with Crippen molar-refractivity contribution in [3.8, 4) is 11.5 Å². The van der Waals surface area contributed by atoms with Crippen molar-refractivity contribution in [2.75, 3.05) is 6.61 Å². The molecule has 0 spiro atoms. The Labute approximate surface area is 162 Å². The van der Waals surface area contributed by atoms with Gasteiger partial charge in [-0.3, -0.25) is 4.79 Å². The highest BCUT2D eigenvalue weighted by Crippen LogP contribution is 2.36. The average molecular weight is 370 g/mol. The number of amidine groups is 1. The molecule has 0 N–H and O–H groups in total. The number of carbonyl (C=O) groups is 1. The van der Waals surface area contributed by atoms with Crippen molar-refractivity contribution < 1.29 is 14.3 Å². The van der Waals surface area contributed by atoms with E-state index in [9.17, 15) is 4.79 Å². The van der Waals surface area contributed by atoms with Gasteiger partial charge in [0, 0.05) is 11.1 Å². The molecule has 2 aliphatic heterocycles. The molecular formula is C23H18N2O3. The Hall–Kier alpha value is -3.47. The summed E-state index contributed by atoms with van der Waals surface area (Å²) in [5.41, 5.74) is 1.77. The van der Waals surface area contributed by atoms with Crippen LogP contribution in [0.3, 0.4) is 0 Å². The number of benzene rings is 3. The third kappa shape index (κ3) is 2.76. The van der Waals surface area contributed by atoms with Gasteiger partial charge in [0.25, 0.3) is 5.91 Å². The van der Waals surface area contributed by atoms with Crippen molar-refractivity contribution in [1.82, 2.24) is 0 Å². The molecule has 0 fully saturated rings. The Morgan fingerprint density at radius 3 is 2.86 bits per heavy atom. The van der Waals surface area contributed by atoms with E-state index in [4.69, 9.17) is 9.47 Å². The molecule has 5 rings (SSSR count). The van der Waals surface area contributed by atoms with Gasteiger partial charge < -0.3 is 9.47 Å². The fraction of sp³-hybridized carbons (Fsp3) is 0.174. The Balaban J connectivity index is 1.54. The van der Waals surface area contributed by atoms with Gasteiger partial charge in [-0.25, -0.2) is 0 Å². The van der Waals surface area contributed by atoms with Crippen molar-refractivity contribution in [3.05, 3.63) is 71.8 Å². The Bertz CT molecular complexity index is 1160. The number of amides is 1. The smallest absolute Gasteiger partial charge is 0.260 e. The zero-order valence-corrected chi connectivity index (χ0v) is 15.4. The number of hydrogen-bond donors (Lipinski definition) is 0. The van der Waals surface area contributed by atoms with Crippen LogP contribution in [-0.4, -0.2) is 24.2 Å². The summed E-state index contributed by atoms with van der Waals surface area (Å²) in [6, 6.07) is 19.5. The second-order valence-corrected chi connectivity index (χ2v) is 6.81. The van der Waals surface area contributed by atoms with Crippen molar-refractivity contribution in [2.24, 2.45) is 15.9 Å². The van der Waals surface area contributed by atoms with Gasteiger partial charge in [-0.15, -0.1) is 0 Å². The summed E-state index contributed by atoms with van der Waals surface area (Å²) in [6.45, 7) is 2.50. The standard InChI is InChI=1S/C23H18N2O3/c1-2-27-16-8-5-7-15(12-16)21-24-22(26)19-13-18-17-9-4-3-6-14(17)10-11-20(18)28-23(19)25-21/h3-12,19H,2,13H2,1H3. The van der Waals surface area contributed by atoms with Crippen LogP contribution in [0.5, 0.6) is 11.5 Å².